The molecule has 1 aromatic carbocycles. The van der Waals surface area contributed by atoms with Gasteiger partial charge in [-0.2, -0.15) is 0 Å². The van der Waals surface area contributed by atoms with Crippen LogP contribution in [0.4, 0.5) is 4.79 Å². The lowest BCUT2D eigenvalue weighted by molar-refractivity contribution is -0.0370. The normalized spacial score (nSPS) is 22.0. The van der Waals surface area contributed by atoms with Gasteiger partial charge in [-0.3, -0.25) is 0 Å². The zero-order chi connectivity index (χ0) is 15.7. The van der Waals surface area contributed by atoms with E-state index in [1.54, 1.807) is 11.8 Å². The van der Waals surface area contributed by atoms with Crippen LogP contribution in [0.5, 0.6) is 0 Å². The fourth-order valence-electron chi connectivity index (χ4n) is 2.86. The molecule has 1 heterocycles. The van der Waals surface area contributed by atoms with Crippen LogP contribution in [0, 0.1) is 0 Å². The molecule has 1 aromatic rings. The van der Waals surface area contributed by atoms with Crippen molar-refractivity contribution in [1.82, 2.24) is 4.90 Å². The highest BCUT2D eigenvalue weighted by Crippen LogP contribution is 2.35. The van der Waals surface area contributed by atoms with Gasteiger partial charge >= 0.3 is 6.09 Å². The van der Waals surface area contributed by atoms with Gasteiger partial charge in [0.1, 0.15) is 11.2 Å². The molecule has 0 saturated carbocycles. The molecule has 1 aliphatic heterocycles. The fraction of sp³-hybridized carbons (Fsp3) is 0.588. The van der Waals surface area contributed by atoms with Crippen molar-refractivity contribution in [1.29, 1.82) is 0 Å². The van der Waals surface area contributed by atoms with Gasteiger partial charge in [0.15, 0.2) is 0 Å². The summed E-state index contributed by atoms with van der Waals surface area (Å²) in [5.41, 5.74) is -0.775. The Morgan fingerprint density at radius 1 is 1.24 bits per heavy atom. The molecule has 1 fully saturated rings. The SMILES string of the molecule is CC(C)(C)OC(=O)N1CCC[C@@H]1[C@@](C)(O)c1ccccc1. The summed E-state index contributed by atoms with van der Waals surface area (Å²) in [6.07, 6.45) is 1.31. The Hall–Kier alpha value is -1.55. The van der Waals surface area contributed by atoms with Gasteiger partial charge in [0.05, 0.1) is 6.04 Å². The molecule has 0 unspecified atom stereocenters. The number of benzene rings is 1. The first-order valence-electron chi connectivity index (χ1n) is 7.49. The Morgan fingerprint density at radius 3 is 2.43 bits per heavy atom. The number of hydrogen-bond acceptors (Lipinski definition) is 3. The summed E-state index contributed by atoms with van der Waals surface area (Å²) < 4.78 is 5.46. The van der Waals surface area contributed by atoms with Crippen LogP contribution in [-0.2, 0) is 10.3 Å². The molecule has 1 saturated heterocycles. The smallest absolute Gasteiger partial charge is 0.410 e. The standard InChI is InChI=1S/C17H25NO3/c1-16(2,3)21-15(19)18-12-8-11-14(18)17(4,20)13-9-6-5-7-10-13/h5-7,9-10,14,20H,8,11-12H2,1-4H3/t14-,17+/m1/s1. The molecule has 4 nitrogen and oxygen atoms in total. The Kier molecular flexibility index (Phi) is 4.28. The highest BCUT2D eigenvalue weighted by Gasteiger charge is 2.43. The number of rotatable bonds is 2. The summed E-state index contributed by atoms with van der Waals surface area (Å²) in [4.78, 5) is 14.0. The molecule has 0 radical (unpaired) electrons. The molecule has 2 rings (SSSR count). The van der Waals surface area contributed by atoms with Crippen LogP contribution in [-0.4, -0.2) is 34.3 Å². The van der Waals surface area contributed by atoms with Crippen LogP contribution < -0.4 is 0 Å². The Morgan fingerprint density at radius 2 is 1.86 bits per heavy atom. The van der Waals surface area contributed by atoms with E-state index in [1.165, 1.54) is 0 Å². The van der Waals surface area contributed by atoms with Gasteiger partial charge in [-0.25, -0.2) is 4.79 Å². The van der Waals surface area contributed by atoms with E-state index >= 15 is 0 Å². The van der Waals surface area contributed by atoms with Crippen LogP contribution in [0.3, 0.4) is 0 Å². The fourth-order valence-corrected chi connectivity index (χ4v) is 2.86. The largest absolute Gasteiger partial charge is 0.444 e. The highest BCUT2D eigenvalue weighted by molar-refractivity contribution is 5.69. The van der Waals surface area contributed by atoms with Crippen LogP contribution in [0.15, 0.2) is 30.3 Å². The average Bonchev–Trinajstić information content (AvgIpc) is 2.88. The van der Waals surface area contributed by atoms with E-state index < -0.39 is 11.2 Å². The Balaban J connectivity index is 2.20. The predicted molar refractivity (Wildman–Crippen MR) is 82.0 cm³/mol. The Labute approximate surface area is 126 Å². The van der Waals surface area contributed by atoms with Gasteiger partial charge < -0.3 is 14.7 Å². The lowest BCUT2D eigenvalue weighted by atomic mass is 9.87. The third-order valence-electron chi connectivity index (χ3n) is 3.89. The molecule has 4 heteroatoms. The van der Waals surface area contributed by atoms with Crippen molar-refractivity contribution in [2.24, 2.45) is 0 Å². The van der Waals surface area contributed by atoms with Gasteiger partial charge in [-0.1, -0.05) is 30.3 Å². The van der Waals surface area contributed by atoms with Crippen LogP contribution in [0.25, 0.3) is 0 Å². The second-order valence-corrected chi connectivity index (χ2v) is 6.85. The second kappa shape index (κ2) is 5.68. The number of ether oxygens (including phenoxy) is 1. The van der Waals surface area contributed by atoms with Gasteiger partial charge in [0.2, 0.25) is 0 Å². The molecule has 0 aromatic heterocycles. The quantitative estimate of drug-likeness (QED) is 0.909. The van der Waals surface area contributed by atoms with Crippen LogP contribution in [0.2, 0.25) is 0 Å². The van der Waals surface area contributed by atoms with E-state index in [0.717, 1.165) is 18.4 Å². The van der Waals surface area contributed by atoms with Crippen molar-refractivity contribution < 1.29 is 14.6 Å². The minimum absolute atomic E-state index is 0.255. The number of amides is 1. The summed E-state index contributed by atoms with van der Waals surface area (Å²) in [6.45, 7) is 7.96. The highest BCUT2D eigenvalue weighted by atomic mass is 16.6. The summed E-state index contributed by atoms with van der Waals surface area (Å²) in [5, 5.41) is 11.0. The van der Waals surface area contributed by atoms with Crippen molar-refractivity contribution in [3.63, 3.8) is 0 Å². The summed E-state index contributed by atoms with van der Waals surface area (Å²) >= 11 is 0. The van der Waals surface area contributed by atoms with E-state index in [1.807, 2.05) is 51.1 Å². The number of aliphatic hydroxyl groups is 1. The summed E-state index contributed by atoms with van der Waals surface area (Å²) in [6, 6.07) is 9.25. The molecular formula is C17H25NO3. The van der Waals surface area contributed by atoms with Crippen molar-refractivity contribution in [2.75, 3.05) is 6.54 Å². The number of carbonyl (C=O) groups is 1. The lowest BCUT2D eigenvalue weighted by Gasteiger charge is -2.37. The third-order valence-corrected chi connectivity index (χ3v) is 3.89. The number of carbonyl (C=O) groups excluding carboxylic acids is 1. The molecule has 21 heavy (non-hydrogen) atoms. The van der Waals surface area contributed by atoms with Gasteiger partial charge in [0.25, 0.3) is 0 Å². The van der Waals surface area contributed by atoms with Crippen LogP contribution >= 0.6 is 0 Å². The first kappa shape index (κ1) is 15.8. The van der Waals surface area contributed by atoms with Crippen molar-refractivity contribution >= 4 is 6.09 Å². The molecular weight excluding hydrogens is 266 g/mol. The van der Waals surface area contributed by atoms with Crippen molar-refractivity contribution in [2.45, 2.75) is 57.8 Å². The molecule has 116 valence electrons. The summed E-state index contributed by atoms with van der Waals surface area (Å²) in [7, 11) is 0. The molecule has 2 atom stereocenters. The number of nitrogens with zero attached hydrogens (tertiary/aromatic N) is 1. The number of hydrogen-bond donors (Lipinski definition) is 1. The maximum atomic E-state index is 12.3. The molecule has 1 N–H and O–H groups in total. The minimum atomic E-state index is -1.07. The Bertz CT molecular complexity index is 491. The van der Waals surface area contributed by atoms with E-state index in [-0.39, 0.29) is 12.1 Å². The lowest BCUT2D eigenvalue weighted by Crippen LogP contribution is -2.49. The first-order valence-corrected chi connectivity index (χ1v) is 7.49. The summed E-state index contributed by atoms with van der Waals surface area (Å²) in [5.74, 6) is 0. The molecule has 1 amide bonds. The average molecular weight is 291 g/mol. The second-order valence-electron chi connectivity index (χ2n) is 6.85. The van der Waals surface area contributed by atoms with E-state index in [4.69, 9.17) is 4.74 Å². The minimum Gasteiger partial charge on any atom is -0.444 e. The van der Waals surface area contributed by atoms with Gasteiger partial charge in [0, 0.05) is 6.54 Å². The maximum absolute atomic E-state index is 12.3. The molecule has 1 aliphatic rings. The van der Waals surface area contributed by atoms with Gasteiger partial charge in [-0.15, -0.1) is 0 Å². The number of likely N-dealkylation sites (tertiary alicyclic amines) is 1. The van der Waals surface area contributed by atoms with Crippen molar-refractivity contribution in [3.8, 4) is 0 Å². The van der Waals surface area contributed by atoms with E-state index in [2.05, 4.69) is 0 Å². The monoisotopic (exact) mass is 291 g/mol. The zero-order valence-corrected chi connectivity index (χ0v) is 13.3. The predicted octanol–water partition coefficient (Wildman–Crippen LogP) is 3.29. The zero-order valence-electron chi connectivity index (χ0n) is 13.3. The van der Waals surface area contributed by atoms with E-state index in [0.29, 0.717) is 6.54 Å². The van der Waals surface area contributed by atoms with E-state index in [9.17, 15) is 9.90 Å². The third kappa shape index (κ3) is 3.56. The molecule has 0 bridgehead atoms. The van der Waals surface area contributed by atoms with Gasteiger partial charge in [-0.05, 0) is 46.1 Å². The van der Waals surface area contributed by atoms with Crippen molar-refractivity contribution in [3.05, 3.63) is 35.9 Å². The maximum Gasteiger partial charge on any atom is 0.410 e. The van der Waals surface area contributed by atoms with Crippen LogP contribution in [0.1, 0.15) is 46.1 Å². The topological polar surface area (TPSA) is 49.8 Å². The first-order chi connectivity index (χ1) is 9.72. The molecule has 0 spiro atoms. The molecule has 0 aliphatic carbocycles.